The van der Waals surface area contributed by atoms with Crippen LogP contribution in [-0.4, -0.2) is 21.1 Å². The smallest absolute Gasteiger partial charge is 0.328 e. The second kappa shape index (κ2) is 6.88. The van der Waals surface area contributed by atoms with E-state index < -0.39 is 5.69 Å². The molecule has 0 bridgehead atoms. The minimum atomic E-state index is -0.400. The largest absolute Gasteiger partial charge is 0.370 e. The van der Waals surface area contributed by atoms with E-state index in [4.69, 9.17) is 0 Å². The maximum absolute atomic E-state index is 11.9. The molecular weight excluding hydrogens is 268 g/mol. The van der Waals surface area contributed by atoms with Crippen molar-refractivity contribution in [3.8, 4) is 0 Å². The van der Waals surface area contributed by atoms with Crippen LogP contribution in [-0.2, 0) is 13.0 Å². The first-order valence-corrected chi connectivity index (χ1v) is 7.16. The predicted molar refractivity (Wildman–Crippen MR) is 82.8 cm³/mol. The first-order chi connectivity index (χ1) is 10.2. The van der Waals surface area contributed by atoms with E-state index in [1.165, 1.54) is 4.57 Å². The molecule has 2 aromatic heterocycles. The second-order valence-corrected chi connectivity index (χ2v) is 4.83. The van der Waals surface area contributed by atoms with E-state index in [1.54, 1.807) is 12.4 Å². The molecule has 0 fully saturated rings. The van der Waals surface area contributed by atoms with Crippen LogP contribution in [0.1, 0.15) is 31.4 Å². The molecular formula is C15H20N4O2. The summed E-state index contributed by atoms with van der Waals surface area (Å²) >= 11 is 0. The number of H-pyrrole nitrogens is 1. The van der Waals surface area contributed by atoms with E-state index in [9.17, 15) is 9.59 Å². The number of anilines is 1. The molecule has 112 valence electrons. The van der Waals surface area contributed by atoms with E-state index in [0.29, 0.717) is 18.5 Å². The number of aromatic nitrogens is 3. The van der Waals surface area contributed by atoms with Gasteiger partial charge in [0.1, 0.15) is 5.82 Å². The highest BCUT2D eigenvalue weighted by molar-refractivity contribution is 5.43. The highest BCUT2D eigenvalue weighted by atomic mass is 16.2. The molecule has 0 aliphatic carbocycles. The van der Waals surface area contributed by atoms with Crippen molar-refractivity contribution < 1.29 is 0 Å². The molecule has 0 atom stereocenters. The number of aryl methyl sites for hydroxylation is 1. The predicted octanol–water partition coefficient (Wildman–Crippen LogP) is 1.36. The fourth-order valence-electron chi connectivity index (χ4n) is 2.08. The summed E-state index contributed by atoms with van der Waals surface area (Å²) in [5, 5.41) is 3.24. The van der Waals surface area contributed by atoms with Crippen LogP contribution in [0.15, 0.2) is 34.1 Å². The molecule has 0 unspecified atom stereocenters. The number of pyridine rings is 1. The molecule has 2 heterocycles. The summed E-state index contributed by atoms with van der Waals surface area (Å²) < 4.78 is 1.51. The number of aromatic amines is 1. The Morgan fingerprint density at radius 2 is 2.10 bits per heavy atom. The van der Waals surface area contributed by atoms with Gasteiger partial charge in [0.2, 0.25) is 0 Å². The van der Waals surface area contributed by atoms with E-state index in [1.807, 2.05) is 19.1 Å². The number of hydrogen-bond acceptors (Lipinski definition) is 4. The van der Waals surface area contributed by atoms with Gasteiger partial charge in [-0.15, -0.1) is 0 Å². The lowest BCUT2D eigenvalue weighted by Gasteiger charge is -2.12. The van der Waals surface area contributed by atoms with Crippen molar-refractivity contribution in [2.75, 3.05) is 11.9 Å². The van der Waals surface area contributed by atoms with Crippen LogP contribution in [0.25, 0.3) is 0 Å². The molecule has 0 saturated heterocycles. The number of rotatable bonds is 6. The van der Waals surface area contributed by atoms with Gasteiger partial charge in [-0.2, -0.15) is 0 Å². The monoisotopic (exact) mass is 288 g/mol. The van der Waals surface area contributed by atoms with Gasteiger partial charge in [-0.05, 0) is 18.9 Å². The normalized spacial score (nSPS) is 10.6. The van der Waals surface area contributed by atoms with Crippen LogP contribution >= 0.6 is 0 Å². The zero-order valence-corrected chi connectivity index (χ0v) is 12.3. The topological polar surface area (TPSA) is 79.8 Å². The van der Waals surface area contributed by atoms with Crippen molar-refractivity contribution in [1.29, 1.82) is 0 Å². The Hall–Kier alpha value is -2.37. The fourth-order valence-corrected chi connectivity index (χ4v) is 2.08. The van der Waals surface area contributed by atoms with Crippen molar-refractivity contribution in [1.82, 2.24) is 14.5 Å². The molecule has 0 aromatic carbocycles. The summed E-state index contributed by atoms with van der Waals surface area (Å²) in [5.74, 6) is 0.774. The van der Waals surface area contributed by atoms with Gasteiger partial charge in [-0.25, -0.2) is 9.78 Å². The standard InChI is InChI=1S/C15H20N4O2/c1-3-7-16-13-12(6-5-8-17-13)10-19-9-11(4-2)14(20)18-15(19)21/h5-6,8-9H,3-4,7,10H2,1-2H3,(H,16,17)(H,18,20,21). The van der Waals surface area contributed by atoms with Gasteiger partial charge in [-0.1, -0.05) is 19.9 Å². The van der Waals surface area contributed by atoms with Crippen LogP contribution in [0, 0.1) is 0 Å². The van der Waals surface area contributed by atoms with Gasteiger partial charge in [-0.3, -0.25) is 14.3 Å². The van der Waals surface area contributed by atoms with Crippen LogP contribution < -0.4 is 16.6 Å². The lowest BCUT2D eigenvalue weighted by Crippen LogP contribution is -2.32. The molecule has 6 nitrogen and oxygen atoms in total. The Morgan fingerprint density at radius 1 is 1.29 bits per heavy atom. The molecule has 0 spiro atoms. The molecule has 0 aliphatic rings. The summed E-state index contributed by atoms with van der Waals surface area (Å²) in [5.41, 5.74) is 0.806. The van der Waals surface area contributed by atoms with E-state index >= 15 is 0 Å². The number of nitrogens with one attached hydrogen (secondary N) is 2. The molecule has 0 saturated carbocycles. The van der Waals surface area contributed by atoms with Crippen LogP contribution in [0.4, 0.5) is 5.82 Å². The minimum Gasteiger partial charge on any atom is -0.370 e. The summed E-state index contributed by atoms with van der Waals surface area (Å²) in [6.07, 6.45) is 4.92. The van der Waals surface area contributed by atoms with Crippen molar-refractivity contribution in [3.63, 3.8) is 0 Å². The molecule has 0 amide bonds. The van der Waals surface area contributed by atoms with Crippen molar-refractivity contribution in [2.45, 2.75) is 33.2 Å². The first kappa shape index (κ1) is 15.0. The van der Waals surface area contributed by atoms with Gasteiger partial charge in [0, 0.05) is 30.1 Å². The summed E-state index contributed by atoms with van der Waals surface area (Å²) in [6.45, 7) is 5.17. The van der Waals surface area contributed by atoms with Crippen LogP contribution in [0.3, 0.4) is 0 Å². The number of nitrogens with zero attached hydrogens (tertiary/aromatic N) is 2. The Bertz CT molecular complexity index is 718. The molecule has 6 heteroatoms. The lowest BCUT2D eigenvalue weighted by atomic mass is 10.2. The molecule has 0 aliphatic heterocycles. The summed E-state index contributed by atoms with van der Waals surface area (Å²) in [4.78, 5) is 30.2. The van der Waals surface area contributed by atoms with E-state index in [-0.39, 0.29) is 5.56 Å². The average Bonchev–Trinajstić information content (AvgIpc) is 2.49. The van der Waals surface area contributed by atoms with Crippen molar-refractivity contribution in [3.05, 3.63) is 56.5 Å². The highest BCUT2D eigenvalue weighted by Gasteiger charge is 2.07. The van der Waals surface area contributed by atoms with Crippen molar-refractivity contribution >= 4 is 5.82 Å². The average molecular weight is 288 g/mol. The lowest BCUT2D eigenvalue weighted by molar-refractivity contribution is 0.706. The van der Waals surface area contributed by atoms with Gasteiger partial charge in [0.25, 0.3) is 5.56 Å². The summed E-state index contributed by atoms with van der Waals surface area (Å²) in [7, 11) is 0. The van der Waals surface area contributed by atoms with Crippen molar-refractivity contribution in [2.24, 2.45) is 0 Å². The maximum atomic E-state index is 11.9. The Kier molecular flexibility index (Phi) is 4.92. The SMILES string of the molecule is CCCNc1ncccc1Cn1cc(CC)c(=O)[nH]c1=O. The molecule has 2 rings (SSSR count). The first-order valence-electron chi connectivity index (χ1n) is 7.16. The van der Waals surface area contributed by atoms with Gasteiger partial charge in [0.05, 0.1) is 6.54 Å². The van der Waals surface area contributed by atoms with Crippen LogP contribution in [0.2, 0.25) is 0 Å². The zero-order chi connectivity index (χ0) is 15.2. The van der Waals surface area contributed by atoms with E-state index in [0.717, 1.165) is 24.3 Å². The molecule has 2 aromatic rings. The van der Waals surface area contributed by atoms with E-state index in [2.05, 4.69) is 22.2 Å². The quantitative estimate of drug-likeness (QED) is 0.841. The molecule has 2 N–H and O–H groups in total. The summed E-state index contributed by atoms with van der Waals surface area (Å²) in [6, 6.07) is 3.76. The Labute approximate surface area is 122 Å². The maximum Gasteiger partial charge on any atom is 0.328 e. The third kappa shape index (κ3) is 3.59. The molecule has 21 heavy (non-hydrogen) atoms. The highest BCUT2D eigenvalue weighted by Crippen LogP contribution is 2.12. The third-order valence-corrected chi connectivity index (χ3v) is 3.24. The van der Waals surface area contributed by atoms with Gasteiger partial charge in [0.15, 0.2) is 0 Å². The Balaban J connectivity index is 2.34. The fraction of sp³-hybridized carbons (Fsp3) is 0.400. The molecule has 0 radical (unpaired) electrons. The number of hydrogen-bond donors (Lipinski definition) is 2. The minimum absolute atomic E-state index is 0.311. The van der Waals surface area contributed by atoms with Gasteiger partial charge >= 0.3 is 5.69 Å². The third-order valence-electron chi connectivity index (χ3n) is 3.24. The second-order valence-electron chi connectivity index (χ2n) is 4.83. The van der Waals surface area contributed by atoms with Gasteiger partial charge < -0.3 is 5.32 Å². The zero-order valence-electron chi connectivity index (χ0n) is 12.3. The Morgan fingerprint density at radius 3 is 2.81 bits per heavy atom. The van der Waals surface area contributed by atoms with Crippen LogP contribution in [0.5, 0.6) is 0 Å².